The van der Waals surface area contributed by atoms with Gasteiger partial charge in [-0.25, -0.2) is 0 Å². The number of hydrogen-bond donors (Lipinski definition) is 0. The van der Waals surface area contributed by atoms with E-state index in [9.17, 15) is 8.42 Å². The van der Waals surface area contributed by atoms with Gasteiger partial charge in [-0.05, 0) is 0 Å². The molecule has 0 bridgehead atoms. The van der Waals surface area contributed by atoms with E-state index in [1.165, 1.54) is 0 Å². The molecule has 0 unspecified atom stereocenters. The molecule has 1 fully saturated rings. The van der Waals surface area contributed by atoms with E-state index >= 15 is 0 Å². The molecule has 6 nitrogen and oxygen atoms in total. The normalized spacial score (nSPS) is 21.6. The molecule has 12 heavy (non-hydrogen) atoms. The van der Waals surface area contributed by atoms with Gasteiger partial charge in [0.05, 0.1) is 0 Å². The predicted molar refractivity (Wildman–Crippen MR) is 41.2 cm³/mol. The van der Waals surface area contributed by atoms with Crippen molar-refractivity contribution in [1.29, 1.82) is 0 Å². The van der Waals surface area contributed by atoms with E-state index in [0.29, 0.717) is 12.5 Å². The van der Waals surface area contributed by atoms with E-state index in [-0.39, 0.29) is 5.48 Å². The minimum absolute atomic E-state index is 0. The quantitative estimate of drug-likeness (QED) is 0.631. The van der Waals surface area contributed by atoms with Crippen molar-refractivity contribution in [2.75, 3.05) is 6.61 Å². The zero-order chi connectivity index (χ0) is 8.48. The van der Waals surface area contributed by atoms with E-state index in [1.54, 1.807) is 0 Å². The Labute approximate surface area is 79.8 Å². The molecule has 0 aromatic rings. The van der Waals surface area contributed by atoms with Crippen LogP contribution in [0.1, 0.15) is 13.8 Å². The summed E-state index contributed by atoms with van der Waals surface area (Å²) in [4.78, 5) is 0. The Morgan fingerprint density at radius 1 is 1.42 bits per heavy atom. The largest absolute Gasteiger partial charge is 0.412 e. The summed E-state index contributed by atoms with van der Waals surface area (Å²) in [5.41, 5.74) is 0. The number of rotatable bonds is 3. The van der Waals surface area contributed by atoms with Crippen molar-refractivity contribution < 1.29 is 22.0 Å². The maximum absolute atomic E-state index is 10.3. The summed E-state index contributed by atoms with van der Waals surface area (Å²) in [5.74, 6) is 0.374. The smallest absolute Gasteiger partial charge is 0.412 e. The first-order chi connectivity index (χ1) is 4.99. The second-order valence-electron chi connectivity index (χ2n) is 2.53. The maximum atomic E-state index is 10.3. The Kier molecular flexibility index (Phi) is 4.95. The van der Waals surface area contributed by atoms with Crippen molar-refractivity contribution in [3.05, 3.63) is 0 Å². The zero-order valence-corrected chi connectivity index (χ0v) is 10.4. The molecule has 73 valence electrons. The average molecular weight is 306 g/mol. The van der Waals surface area contributed by atoms with Gasteiger partial charge in [0.15, 0.2) is 0 Å². The van der Waals surface area contributed by atoms with Crippen LogP contribution in [-0.2, 0) is 18.5 Å². The third kappa shape index (κ3) is 4.01. The summed E-state index contributed by atoms with van der Waals surface area (Å²) in [6.07, 6.45) is 0. The van der Waals surface area contributed by atoms with E-state index < -0.39 is 31.4 Å². The van der Waals surface area contributed by atoms with Crippen molar-refractivity contribution in [3.63, 3.8) is 0 Å². The Morgan fingerprint density at radius 2 is 1.92 bits per heavy atom. The van der Waals surface area contributed by atoms with Gasteiger partial charge in [0, 0.05) is 0 Å². The van der Waals surface area contributed by atoms with Crippen LogP contribution in [-0.4, -0.2) is 41.5 Å². The molecule has 0 amide bonds. The van der Waals surface area contributed by atoms with Crippen LogP contribution in [0, 0.1) is 5.92 Å². The minimum Gasteiger partial charge on any atom is -0.412 e. The second kappa shape index (κ2) is 4.72. The fraction of sp³-hybridized carbons (Fsp3) is 1.00. The van der Waals surface area contributed by atoms with Gasteiger partial charge in [0.2, 0.25) is 0 Å². The Bertz CT molecular complexity index is 212. The van der Waals surface area contributed by atoms with Crippen LogP contribution >= 0.6 is 0 Å². The SMILES string of the molecule is CC(C)C[O][Sn]1[O]S(=O)(=O)[O]1.O. The molecule has 2 N–H and O–H groups in total. The molecule has 0 spiro atoms. The summed E-state index contributed by atoms with van der Waals surface area (Å²) >= 11 is -2.79. The van der Waals surface area contributed by atoms with Crippen LogP contribution in [0.15, 0.2) is 0 Å². The van der Waals surface area contributed by atoms with Crippen molar-refractivity contribution >= 4 is 31.4 Å². The van der Waals surface area contributed by atoms with Gasteiger partial charge >= 0.3 is 74.3 Å². The average Bonchev–Trinajstić information content (AvgIpc) is 1.78. The molecule has 0 saturated carbocycles. The second-order valence-corrected chi connectivity index (χ2v) is 8.78. The molecule has 1 aliphatic rings. The third-order valence-corrected chi connectivity index (χ3v) is 8.53. The molecule has 1 rings (SSSR count). The summed E-state index contributed by atoms with van der Waals surface area (Å²) < 4.78 is 34.4. The summed E-state index contributed by atoms with van der Waals surface area (Å²) in [7, 11) is -3.62. The van der Waals surface area contributed by atoms with Crippen molar-refractivity contribution in [2.24, 2.45) is 5.92 Å². The van der Waals surface area contributed by atoms with Gasteiger partial charge in [0.25, 0.3) is 0 Å². The van der Waals surface area contributed by atoms with Crippen molar-refractivity contribution in [1.82, 2.24) is 0 Å². The molecule has 1 heterocycles. The topological polar surface area (TPSA) is 93.3 Å². The van der Waals surface area contributed by atoms with Crippen molar-refractivity contribution in [3.8, 4) is 0 Å². The first kappa shape index (κ1) is 12.6. The van der Waals surface area contributed by atoms with Crippen LogP contribution in [0.2, 0.25) is 0 Å². The van der Waals surface area contributed by atoms with Crippen LogP contribution in [0.25, 0.3) is 0 Å². The van der Waals surface area contributed by atoms with E-state index in [0.717, 1.165) is 0 Å². The van der Waals surface area contributed by atoms with Crippen molar-refractivity contribution in [2.45, 2.75) is 13.8 Å². The maximum Gasteiger partial charge on any atom is -0.412 e. The zero-order valence-electron chi connectivity index (χ0n) is 6.73. The standard InChI is InChI=1S/C4H9O.H2O4S.H2O.Sn/c1-4(2)3-5;1-5(2,3)4;;/h4H,3H2,1-2H3;(H2,1,2,3,4);1H2;/q-1;;;+3/p-2. The molecule has 0 aliphatic carbocycles. The number of hydrogen-bond acceptors (Lipinski definition) is 5. The van der Waals surface area contributed by atoms with Crippen LogP contribution in [0.4, 0.5) is 0 Å². The molecule has 1 radical (unpaired) electrons. The molecule has 0 aromatic heterocycles. The molecule has 0 aromatic carbocycles. The van der Waals surface area contributed by atoms with Gasteiger partial charge in [-0.1, -0.05) is 0 Å². The molecule has 8 heteroatoms. The third-order valence-electron chi connectivity index (χ3n) is 0.875. The van der Waals surface area contributed by atoms with E-state index in [1.807, 2.05) is 13.8 Å². The fourth-order valence-electron chi connectivity index (χ4n) is 0.456. The van der Waals surface area contributed by atoms with Crippen LogP contribution in [0.5, 0.6) is 0 Å². The van der Waals surface area contributed by atoms with Crippen LogP contribution in [0.3, 0.4) is 0 Å². The summed E-state index contributed by atoms with van der Waals surface area (Å²) in [5, 5.41) is 0. The Hall–Kier alpha value is 0.589. The predicted octanol–water partition coefficient (Wildman–Crippen LogP) is -0.889. The van der Waals surface area contributed by atoms with E-state index in [4.69, 9.17) is 3.07 Å². The van der Waals surface area contributed by atoms with Gasteiger partial charge < -0.3 is 5.48 Å². The van der Waals surface area contributed by atoms with Gasteiger partial charge in [-0.2, -0.15) is 0 Å². The minimum atomic E-state index is -3.62. The van der Waals surface area contributed by atoms with Gasteiger partial charge in [-0.3, -0.25) is 0 Å². The summed E-state index contributed by atoms with van der Waals surface area (Å²) in [6.45, 7) is 4.44. The summed E-state index contributed by atoms with van der Waals surface area (Å²) in [6, 6.07) is 0. The molecular weight excluding hydrogens is 295 g/mol. The Balaban J connectivity index is 0.00000121. The molecular formula is C4H11O6SSn. The van der Waals surface area contributed by atoms with E-state index in [2.05, 4.69) is 5.04 Å². The van der Waals surface area contributed by atoms with Gasteiger partial charge in [-0.15, -0.1) is 0 Å². The fourth-order valence-corrected chi connectivity index (χ4v) is 6.02. The van der Waals surface area contributed by atoms with Crippen LogP contribution < -0.4 is 0 Å². The molecule has 1 saturated heterocycles. The molecule has 1 aliphatic heterocycles. The first-order valence-electron chi connectivity index (χ1n) is 3.13. The monoisotopic (exact) mass is 307 g/mol. The van der Waals surface area contributed by atoms with Gasteiger partial charge in [0.1, 0.15) is 0 Å². The first-order valence-corrected chi connectivity index (χ1v) is 7.96. The molecule has 0 atom stereocenters. The Morgan fingerprint density at radius 3 is 2.25 bits per heavy atom.